The van der Waals surface area contributed by atoms with Crippen LogP contribution in [-0.4, -0.2) is 40.6 Å². The van der Waals surface area contributed by atoms with Gasteiger partial charge in [-0.2, -0.15) is 0 Å². The monoisotopic (exact) mass is 315 g/mol. The molecule has 5 heteroatoms. The van der Waals surface area contributed by atoms with Gasteiger partial charge in [-0.15, -0.1) is 0 Å². The zero-order valence-corrected chi connectivity index (χ0v) is 13.2. The molecule has 4 nitrogen and oxygen atoms in total. The minimum absolute atomic E-state index is 0.130. The van der Waals surface area contributed by atoms with Crippen molar-refractivity contribution in [2.75, 3.05) is 19.6 Å². The number of hydrogen-bond donors (Lipinski definition) is 0. The number of ether oxygens (including phenoxy) is 1. The van der Waals surface area contributed by atoms with Gasteiger partial charge in [0.15, 0.2) is 5.82 Å². The van der Waals surface area contributed by atoms with Gasteiger partial charge in [0, 0.05) is 13.1 Å². The summed E-state index contributed by atoms with van der Waals surface area (Å²) in [4.78, 5) is 10.2. The fourth-order valence-electron chi connectivity index (χ4n) is 2.91. The smallest absolute Gasteiger partial charge is 0.316 e. The Morgan fingerprint density at radius 1 is 1.09 bits per heavy atom. The number of hydrogen-bond acceptors (Lipinski definition) is 4. The Morgan fingerprint density at radius 2 is 1.78 bits per heavy atom. The van der Waals surface area contributed by atoms with Crippen molar-refractivity contribution in [3.05, 3.63) is 54.1 Å². The highest BCUT2D eigenvalue weighted by Gasteiger charge is 2.20. The standard InChI is InChI=1S/C18H22FN3O/c19-16-13-20-18(21-14-16)23-17-8-11-22(12-9-17)10-4-7-15-5-2-1-3-6-15/h1-3,5-6,13-14,17H,4,7-12H2. The zero-order valence-electron chi connectivity index (χ0n) is 13.2. The Morgan fingerprint density at radius 3 is 2.48 bits per heavy atom. The van der Waals surface area contributed by atoms with E-state index in [4.69, 9.17) is 4.74 Å². The van der Waals surface area contributed by atoms with Crippen molar-refractivity contribution in [2.45, 2.75) is 31.8 Å². The van der Waals surface area contributed by atoms with Crippen molar-refractivity contribution in [1.29, 1.82) is 0 Å². The van der Waals surface area contributed by atoms with Crippen molar-refractivity contribution >= 4 is 0 Å². The Kier molecular flexibility index (Phi) is 5.53. The van der Waals surface area contributed by atoms with E-state index in [0.29, 0.717) is 0 Å². The fraction of sp³-hybridized carbons (Fsp3) is 0.444. The third-order valence-electron chi connectivity index (χ3n) is 4.19. The first kappa shape index (κ1) is 15.9. The second-order valence-electron chi connectivity index (χ2n) is 5.93. The number of nitrogens with zero attached hydrogens (tertiary/aromatic N) is 3. The molecule has 3 rings (SSSR count). The average Bonchev–Trinajstić information content (AvgIpc) is 2.59. The molecule has 1 aliphatic rings. The molecule has 0 amide bonds. The second kappa shape index (κ2) is 8.02. The van der Waals surface area contributed by atoms with Gasteiger partial charge < -0.3 is 9.64 Å². The van der Waals surface area contributed by atoms with Crippen LogP contribution in [0.4, 0.5) is 4.39 Å². The van der Waals surface area contributed by atoms with E-state index in [1.165, 1.54) is 12.0 Å². The lowest BCUT2D eigenvalue weighted by atomic mass is 10.1. The van der Waals surface area contributed by atoms with Crippen LogP contribution in [0.1, 0.15) is 24.8 Å². The van der Waals surface area contributed by atoms with E-state index in [0.717, 1.165) is 51.3 Å². The number of rotatable bonds is 6. The van der Waals surface area contributed by atoms with E-state index < -0.39 is 5.82 Å². The van der Waals surface area contributed by atoms with Crippen molar-refractivity contribution in [2.24, 2.45) is 0 Å². The Labute approximate surface area is 136 Å². The molecule has 1 aromatic carbocycles. The molecule has 1 aromatic heterocycles. The molecule has 2 heterocycles. The van der Waals surface area contributed by atoms with Gasteiger partial charge in [-0.25, -0.2) is 14.4 Å². The van der Waals surface area contributed by atoms with Gasteiger partial charge in [0.1, 0.15) is 6.10 Å². The molecule has 122 valence electrons. The molecule has 1 aliphatic heterocycles. The number of aryl methyl sites for hydroxylation is 1. The maximum atomic E-state index is 12.8. The Balaban J connectivity index is 1.36. The van der Waals surface area contributed by atoms with Gasteiger partial charge in [0.25, 0.3) is 0 Å². The molecular formula is C18H22FN3O. The van der Waals surface area contributed by atoms with E-state index in [2.05, 4.69) is 45.2 Å². The van der Waals surface area contributed by atoms with E-state index in [1.54, 1.807) is 0 Å². The summed E-state index contributed by atoms with van der Waals surface area (Å²) < 4.78 is 18.5. The molecule has 0 N–H and O–H groups in total. The average molecular weight is 315 g/mol. The Bertz CT molecular complexity index is 583. The van der Waals surface area contributed by atoms with Crippen LogP contribution in [-0.2, 0) is 6.42 Å². The van der Waals surface area contributed by atoms with Crippen molar-refractivity contribution < 1.29 is 9.13 Å². The number of benzene rings is 1. The summed E-state index contributed by atoms with van der Waals surface area (Å²) in [6, 6.07) is 10.9. The molecule has 0 spiro atoms. The van der Waals surface area contributed by atoms with Crippen LogP contribution in [0.15, 0.2) is 42.7 Å². The van der Waals surface area contributed by atoms with Crippen LogP contribution >= 0.6 is 0 Å². The van der Waals surface area contributed by atoms with Crippen LogP contribution in [0.25, 0.3) is 0 Å². The van der Waals surface area contributed by atoms with Crippen LogP contribution in [0, 0.1) is 5.82 Å². The number of piperidine rings is 1. The second-order valence-corrected chi connectivity index (χ2v) is 5.93. The SMILES string of the molecule is Fc1cnc(OC2CCN(CCCc3ccccc3)CC2)nc1. The van der Waals surface area contributed by atoms with Crippen molar-refractivity contribution in [3.63, 3.8) is 0 Å². The lowest BCUT2D eigenvalue weighted by molar-refractivity contribution is 0.0920. The van der Waals surface area contributed by atoms with Gasteiger partial charge in [-0.05, 0) is 37.8 Å². The lowest BCUT2D eigenvalue weighted by Crippen LogP contribution is -2.39. The lowest BCUT2D eigenvalue weighted by Gasteiger charge is -2.31. The summed E-state index contributed by atoms with van der Waals surface area (Å²) in [6.07, 6.45) is 6.64. The Hall–Kier alpha value is -2.01. The van der Waals surface area contributed by atoms with E-state index >= 15 is 0 Å². The van der Waals surface area contributed by atoms with Gasteiger partial charge in [-0.3, -0.25) is 0 Å². The first-order chi connectivity index (χ1) is 11.3. The summed E-state index contributed by atoms with van der Waals surface area (Å²) in [5.41, 5.74) is 1.40. The van der Waals surface area contributed by atoms with Crippen LogP contribution in [0.3, 0.4) is 0 Å². The molecule has 0 saturated carbocycles. The normalized spacial score (nSPS) is 16.4. The molecule has 0 bridgehead atoms. The minimum atomic E-state index is -0.439. The quantitative estimate of drug-likeness (QED) is 0.821. The van der Waals surface area contributed by atoms with Crippen molar-refractivity contribution in [3.8, 4) is 6.01 Å². The van der Waals surface area contributed by atoms with Crippen LogP contribution in [0.5, 0.6) is 6.01 Å². The van der Waals surface area contributed by atoms with Crippen LogP contribution < -0.4 is 4.74 Å². The maximum absolute atomic E-state index is 12.8. The number of halogens is 1. The summed E-state index contributed by atoms with van der Waals surface area (Å²) in [7, 11) is 0. The largest absolute Gasteiger partial charge is 0.460 e. The van der Waals surface area contributed by atoms with Gasteiger partial charge in [-0.1, -0.05) is 30.3 Å². The fourth-order valence-corrected chi connectivity index (χ4v) is 2.91. The molecule has 0 atom stereocenters. The molecule has 0 unspecified atom stereocenters. The predicted molar refractivity (Wildman–Crippen MR) is 86.8 cm³/mol. The highest BCUT2D eigenvalue weighted by Crippen LogP contribution is 2.16. The number of likely N-dealkylation sites (tertiary alicyclic amines) is 1. The number of aromatic nitrogens is 2. The van der Waals surface area contributed by atoms with E-state index in [-0.39, 0.29) is 12.1 Å². The summed E-state index contributed by atoms with van der Waals surface area (Å²) in [5, 5.41) is 0. The third-order valence-corrected chi connectivity index (χ3v) is 4.19. The molecule has 1 fully saturated rings. The van der Waals surface area contributed by atoms with E-state index in [1.807, 2.05) is 0 Å². The summed E-state index contributed by atoms with van der Waals surface area (Å²) in [5.74, 6) is -0.439. The van der Waals surface area contributed by atoms with Gasteiger partial charge >= 0.3 is 6.01 Å². The highest BCUT2D eigenvalue weighted by molar-refractivity contribution is 5.14. The molecular weight excluding hydrogens is 293 g/mol. The van der Waals surface area contributed by atoms with Crippen molar-refractivity contribution in [1.82, 2.24) is 14.9 Å². The minimum Gasteiger partial charge on any atom is -0.460 e. The molecule has 0 aliphatic carbocycles. The van der Waals surface area contributed by atoms with E-state index in [9.17, 15) is 4.39 Å². The molecule has 1 saturated heterocycles. The topological polar surface area (TPSA) is 38.2 Å². The van der Waals surface area contributed by atoms with Gasteiger partial charge in [0.05, 0.1) is 12.4 Å². The maximum Gasteiger partial charge on any atom is 0.316 e. The van der Waals surface area contributed by atoms with Gasteiger partial charge in [0.2, 0.25) is 0 Å². The first-order valence-corrected chi connectivity index (χ1v) is 8.20. The zero-order chi connectivity index (χ0) is 15.9. The molecule has 0 radical (unpaired) electrons. The molecule has 2 aromatic rings. The summed E-state index contributed by atoms with van der Waals surface area (Å²) in [6.45, 7) is 3.18. The predicted octanol–water partition coefficient (Wildman–Crippen LogP) is 3.09. The summed E-state index contributed by atoms with van der Waals surface area (Å²) >= 11 is 0. The molecule has 23 heavy (non-hydrogen) atoms. The third kappa shape index (κ3) is 4.99. The highest BCUT2D eigenvalue weighted by atomic mass is 19.1. The van der Waals surface area contributed by atoms with Crippen LogP contribution in [0.2, 0.25) is 0 Å². The first-order valence-electron chi connectivity index (χ1n) is 8.20.